The molecule has 35 heavy (non-hydrogen) atoms. The molecule has 0 aliphatic rings. The third kappa shape index (κ3) is 7.69. The smallest absolute Gasteiger partial charge is 0.261 e. The summed E-state index contributed by atoms with van der Waals surface area (Å²) in [5.74, 6) is 0.536. The van der Waals surface area contributed by atoms with E-state index >= 15 is 0 Å². The van der Waals surface area contributed by atoms with Crippen molar-refractivity contribution in [3.05, 3.63) is 100 Å². The van der Waals surface area contributed by atoms with Gasteiger partial charge in [0.25, 0.3) is 5.91 Å². The lowest BCUT2D eigenvalue weighted by Crippen LogP contribution is -2.51. The van der Waals surface area contributed by atoms with Gasteiger partial charge in [-0.25, -0.2) is 0 Å². The minimum absolute atomic E-state index is 0.150. The van der Waals surface area contributed by atoms with E-state index in [4.69, 9.17) is 4.74 Å². The van der Waals surface area contributed by atoms with Gasteiger partial charge in [-0.2, -0.15) is 0 Å². The number of hydrogen-bond acceptors (Lipinski definition) is 3. The van der Waals surface area contributed by atoms with Crippen LogP contribution in [0, 0.1) is 0 Å². The number of rotatable bonds is 11. The topological polar surface area (TPSA) is 58.6 Å². The second-order valence-corrected chi connectivity index (χ2v) is 9.65. The molecule has 5 nitrogen and oxygen atoms in total. The highest BCUT2D eigenvalue weighted by atomic mass is 79.9. The first-order chi connectivity index (χ1) is 16.9. The summed E-state index contributed by atoms with van der Waals surface area (Å²) in [6.45, 7) is 6.69. The van der Waals surface area contributed by atoms with Crippen LogP contribution in [0.4, 0.5) is 0 Å². The molecule has 0 spiro atoms. The molecule has 0 saturated heterocycles. The van der Waals surface area contributed by atoms with E-state index in [2.05, 4.69) is 35.1 Å². The van der Waals surface area contributed by atoms with Gasteiger partial charge in [-0.15, -0.1) is 0 Å². The molecule has 0 unspecified atom stereocenters. The second kappa shape index (κ2) is 13.1. The molecule has 6 heteroatoms. The maximum atomic E-state index is 13.6. The van der Waals surface area contributed by atoms with Gasteiger partial charge in [-0.3, -0.25) is 9.59 Å². The number of benzene rings is 3. The van der Waals surface area contributed by atoms with E-state index in [0.29, 0.717) is 25.3 Å². The van der Waals surface area contributed by atoms with Crippen molar-refractivity contribution in [2.75, 3.05) is 13.2 Å². The van der Waals surface area contributed by atoms with Crippen molar-refractivity contribution in [2.24, 2.45) is 0 Å². The number of nitrogens with zero attached hydrogens (tertiary/aromatic N) is 1. The summed E-state index contributed by atoms with van der Waals surface area (Å²) in [6, 6.07) is 24.6. The summed E-state index contributed by atoms with van der Waals surface area (Å²) in [6.07, 6.45) is 0.412. The highest BCUT2D eigenvalue weighted by Crippen LogP contribution is 2.26. The zero-order valence-corrected chi connectivity index (χ0v) is 22.1. The SMILES string of the molecule is CCNC(=O)[C@@H](Cc1ccccc1)N(Cc1cccc(Br)c1)C(=O)COc1ccccc1C(C)C. The van der Waals surface area contributed by atoms with E-state index < -0.39 is 6.04 Å². The normalized spacial score (nSPS) is 11.7. The minimum Gasteiger partial charge on any atom is -0.483 e. The summed E-state index contributed by atoms with van der Waals surface area (Å²) in [5, 5.41) is 2.91. The first-order valence-corrected chi connectivity index (χ1v) is 12.8. The van der Waals surface area contributed by atoms with Gasteiger partial charge in [0, 0.05) is 24.0 Å². The van der Waals surface area contributed by atoms with Crippen LogP contribution in [0.2, 0.25) is 0 Å². The third-order valence-corrected chi connectivity index (χ3v) is 6.25. The van der Waals surface area contributed by atoms with Gasteiger partial charge >= 0.3 is 0 Å². The number of carbonyl (C=O) groups is 2. The highest BCUT2D eigenvalue weighted by molar-refractivity contribution is 9.10. The highest BCUT2D eigenvalue weighted by Gasteiger charge is 2.30. The number of hydrogen-bond donors (Lipinski definition) is 1. The van der Waals surface area contributed by atoms with Crippen molar-refractivity contribution in [3.63, 3.8) is 0 Å². The molecule has 3 aromatic rings. The minimum atomic E-state index is -0.673. The molecule has 184 valence electrons. The number of halogens is 1. The molecule has 0 aliphatic heterocycles. The summed E-state index contributed by atoms with van der Waals surface area (Å²) >= 11 is 3.51. The van der Waals surface area contributed by atoms with Crippen molar-refractivity contribution < 1.29 is 14.3 Å². The summed E-state index contributed by atoms with van der Waals surface area (Å²) in [5.41, 5.74) is 2.96. The van der Waals surface area contributed by atoms with Gasteiger partial charge in [0.1, 0.15) is 11.8 Å². The van der Waals surface area contributed by atoms with Crippen LogP contribution in [0.3, 0.4) is 0 Å². The molecule has 3 aromatic carbocycles. The molecule has 2 amide bonds. The van der Waals surface area contributed by atoms with Crippen LogP contribution >= 0.6 is 15.9 Å². The lowest BCUT2D eigenvalue weighted by atomic mass is 10.0. The molecule has 0 radical (unpaired) electrons. The Bertz CT molecular complexity index is 1120. The standard InChI is InChI=1S/C29H33BrN2O3/c1-4-31-29(34)26(18-22-11-6-5-7-12-22)32(19-23-13-10-14-24(30)17-23)28(33)20-35-27-16-9-8-15-25(27)21(2)3/h5-17,21,26H,4,18-20H2,1-3H3,(H,31,34)/t26-/m1/s1. The fourth-order valence-corrected chi connectivity index (χ4v) is 4.44. The Morgan fingerprint density at radius 3 is 2.31 bits per heavy atom. The van der Waals surface area contributed by atoms with Gasteiger partial charge < -0.3 is 15.0 Å². The Labute approximate surface area is 216 Å². The number of likely N-dealkylation sites (N-methyl/N-ethyl adjacent to an activating group) is 1. The van der Waals surface area contributed by atoms with E-state index in [0.717, 1.165) is 21.2 Å². The van der Waals surface area contributed by atoms with Crippen molar-refractivity contribution in [1.82, 2.24) is 10.2 Å². The van der Waals surface area contributed by atoms with E-state index in [-0.39, 0.29) is 24.3 Å². The first-order valence-electron chi connectivity index (χ1n) is 12.0. The Balaban J connectivity index is 1.91. The quantitative estimate of drug-likeness (QED) is 0.340. The fraction of sp³-hybridized carbons (Fsp3) is 0.310. The molecular weight excluding hydrogens is 504 g/mol. The zero-order chi connectivity index (χ0) is 25.2. The Hall–Kier alpha value is -3.12. The van der Waals surface area contributed by atoms with E-state index in [9.17, 15) is 9.59 Å². The van der Waals surface area contributed by atoms with Crippen molar-refractivity contribution in [1.29, 1.82) is 0 Å². The van der Waals surface area contributed by atoms with Crippen molar-refractivity contribution in [3.8, 4) is 5.75 Å². The molecule has 0 fully saturated rings. The number of nitrogens with one attached hydrogen (secondary N) is 1. The van der Waals surface area contributed by atoms with Crippen LogP contribution < -0.4 is 10.1 Å². The molecule has 0 bridgehead atoms. The van der Waals surface area contributed by atoms with Crippen LogP contribution in [-0.2, 0) is 22.6 Å². The van der Waals surface area contributed by atoms with E-state index in [1.54, 1.807) is 4.90 Å². The average Bonchev–Trinajstić information content (AvgIpc) is 2.85. The molecule has 3 rings (SSSR count). The molecule has 0 aromatic heterocycles. The first kappa shape index (κ1) is 26.5. The summed E-state index contributed by atoms with van der Waals surface area (Å²) < 4.78 is 6.93. The average molecular weight is 537 g/mol. The van der Waals surface area contributed by atoms with Crippen LogP contribution in [-0.4, -0.2) is 35.9 Å². The lowest BCUT2D eigenvalue weighted by Gasteiger charge is -2.31. The number of carbonyl (C=O) groups excluding carboxylic acids is 2. The van der Waals surface area contributed by atoms with Gasteiger partial charge in [-0.05, 0) is 47.7 Å². The van der Waals surface area contributed by atoms with Gasteiger partial charge in [0.2, 0.25) is 5.91 Å². The van der Waals surface area contributed by atoms with Crippen molar-refractivity contribution in [2.45, 2.75) is 45.7 Å². The lowest BCUT2D eigenvalue weighted by molar-refractivity contribution is -0.142. The third-order valence-electron chi connectivity index (χ3n) is 5.76. The van der Waals surface area contributed by atoms with E-state index in [1.165, 1.54) is 0 Å². The van der Waals surface area contributed by atoms with Crippen LogP contribution in [0.25, 0.3) is 0 Å². The Morgan fingerprint density at radius 2 is 1.63 bits per heavy atom. The van der Waals surface area contributed by atoms with E-state index in [1.807, 2.05) is 85.8 Å². The molecule has 1 N–H and O–H groups in total. The second-order valence-electron chi connectivity index (χ2n) is 8.73. The molecule has 0 heterocycles. The maximum absolute atomic E-state index is 13.6. The monoisotopic (exact) mass is 536 g/mol. The summed E-state index contributed by atoms with van der Waals surface area (Å²) in [7, 11) is 0. The largest absolute Gasteiger partial charge is 0.483 e. The predicted octanol–water partition coefficient (Wildman–Crippen LogP) is 5.73. The fourth-order valence-electron chi connectivity index (χ4n) is 3.99. The number of ether oxygens (including phenoxy) is 1. The zero-order valence-electron chi connectivity index (χ0n) is 20.5. The Morgan fingerprint density at radius 1 is 0.943 bits per heavy atom. The molecular formula is C29H33BrN2O3. The summed E-state index contributed by atoms with van der Waals surface area (Å²) in [4.78, 5) is 28.5. The van der Waals surface area contributed by atoms with Crippen LogP contribution in [0.1, 0.15) is 43.4 Å². The number of amides is 2. The van der Waals surface area contributed by atoms with Crippen molar-refractivity contribution >= 4 is 27.7 Å². The predicted molar refractivity (Wildman–Crippen MR) is 143 cm³/mol. The van der Waals surface area contributed by atoms with Crippen LogP contribution in [0.15, 0.2) is 83.3 Å². The maximum Gasteiger partial charge on any atom is 0.261 e. The number of para-hydroxylation sites is 1. The molecule has 1 atom stereocenters. The van der Waals surface area contributed by atoms with Crippen LogP contribution in [0.5, 0.6) is 5.75 Å². The Kier molecular flexibility index (Phi) is 9.91. The van der Waals surface area contributed by atoms with Gasteiger partial charge in [-0.1, -0.05) is 90.4 Å². The molecule has 0 saturated carbocycles. The van der Waals surface area contributed by atoms with Gasteiger partial charge in [0.05, 0.1) is 0 Å². The van der Waals surface area contributed by atoms with Gasteiger partial charge in [0.15, 0.2) is 6.61 Å². The molecule has 0 aliphatic carbocycles.